The van der Waals surface area contributed by atoms with Crippen molar-refractivity contribution in [2.75, 3.05) is 5.32 Å². The van der Waals surface area contributed by atoms with Crippen molar-refractivity contribution in [1.82, 2.24) is 15.5 Å². The first-order chi connectivity index (χ1) is 13.8. The molecule has 0 saturated carbocycles. The van der Waals surface area contributed by atoms with Crippen LogP contribution in [0.3, 0.4) is 0 Å². The normalized spacial score (nSPS) is 13.2. The second-order valence-corrected chi connectivity index (χ2v) is 8.73. The maximum atomic E-state index is 12.8. The smallest absolute Gasteiger partial charge is 0.249 e. The van der Waals surface area contributed by atoms with E-state index >= 15 is 0 Å². The molecule has 2 rings (SSSR count). The fourth-order valence-corrected chi connectivity index (χ4v) is 3.87. The fraction of sp³-hybridized carbons (Fsp3) is 0.545. The SMILES string of the molecule is CCCC[C@H](CC)C(=O)N[C@@H](C(=O)Nc1nnc(-c2cccc(C)c2)s1)C(C)C. The summed E-state index contributed by atoms with van der Waals surface area (Å²) in [7, 11) is 0. The highest BCUT2D eigenvalue weighted by molar-refractivity contribution is 7.18. The summed E-state index contributed by atoms with van der Waals surface area (Å²) in [6, 6.07) is 7.39. The van der Waals surface area contributed by atoms with Gasteiger partial charge in [-0.2, -0.15) is 0 Å². The summed E-state index contributed by atoms with van der Waals surface area (Å²) in [6.07, 6.45) is 3.69. The van der Waals surface area contributed by atoms with E-state index in [-0.39, 0.29) is 23.7 Å². The molecule has 158 valence electrons. The van der Waals surface area contributed by atoms with E-state index in [9.17, 15) is 9.59 Å². The van der Waals surface area contributed by atoms with E-state index in [4.69, 9.17) is 0 Å². The standard InChI is InChI=1S/C22H32N4O2S/c1-6-8-11-16(7-2)19(27)23-18(14(3)4)20(28)24-22-26-25-21(29-22)17-12-9-10-15(5)13-17/h9-10,12-14,16,18H,6-8,11H2,1-5H3,(H,23,27)(H,24,26,28)/t16-,18+/m0/s1. The Kier molecular flexibility index (Phi) is 8.76. The molecule has 0 spiro atoms. The Bertz CT molecular complexity index is 819. The van der Waals surface area contributed by atoms with E-state index in [0.717, 1.165) is 41.8 Å². The summed E-state index contributed by atoms with van der Waals surface area (Å²) in [5.41, 5.74) is 2.11. The summed E-state index contributed by atoms with van der Waals surface area (Å²) >= 11 is 1.33. The molecule has 0 saturated heterocycles. The van der Waals surface area contributed by atoms with Crippen LogP contribution in [0, 0.1) is 18.8 Å². The molecule has 7 heteroatoms. The zero-order chi connectivity index (χ0) is 21.4. The molecule has 0 bridgehead atoms. The van der Waals surface area contributed by atoms with E-state index < -0.39 is 6.04 Å². The first kappa shape index (κ1) is 23.0. The quantitative estimate of drug-likeness (QED) is 0.582. The third-order valence-corrected chi connectivity index (χ3v) is 5.82. The van der Waals surface area contributed by atoms with E-state index in [1.54, 1.807) is 0 Å². The van der Waals surface area contributed by atoms with Gasteiger partial charge in [0.05, 0.1) is 0 Å². The molecule has 0 radical (unpaired) electrons. The minimum atomic E-state index is -0.607. The van der Waals surface area contributed by atoms with Gasteiger partial charge < -0.3 is 5.32 Å². The lowest BCUT2D eigenvalue weighted by atomic mass is 9.96. The Labute approximate surface area is 177 Å². The number of benzene rings is 1. The Morgan fingerprint density at radius 3 is 2.52 bits per heavy atom. The van der Waals surface area contributed by atoms with Crippen LogP contribution in [0.15, 0.2) is 24.3 Å². The summed E-state index contributed by atoms with van der Waals surface area (Å²) in [5, 5.41) is 15.2. The van der Waals surface area contributed by atoms with Gasteiger partial charge in [-0.15, -0.1) is 10.2 Å². The van der Waals surface area contributed by atoms with Crippen molar-refractivity contribution >= 4 is 28.3 Å². The van der Waals surface area contributed by atoms with Crippen molar-refractivity contribution in [2.45, 2.75) is 66.3 Å². The van der Waals surface area contributed by atoms with Gasteiger partial charge in [0.25, 0.3) is 0 Å². The molecular formula is C22H32N4O2S. The van der Waals surface area contributed by atoms with Crippen molar-refractivity contribution < 1.29 is 9.59 Å². The van der Waals surface area contributed by atoms with Crippen molar-refractivity contribution in [1.29, 1.82) is 0 Å². The lowest BCUT2D eigenvalue weighted by Crippen LogP contribution is -2.49. The molecule has 2 amide bonds. The van der Waals surface area contributed by atoms with Crippen LogP contribution in [0.25, 0.3) is 10.6 Å². The molecule has 1 aromatic heterocycles. The highest BCUT2D eigenvalue weighted by Gasteiger charge is 2.27. The zero-order valence-electron chi connectivity index (χ0n) is 18.0. The summed E-state index contributed by atoms with van der Waals surface area (Å²) < 4.78 is 0. The van der Waals surface area contributed by atoms with Gasteiger partial charge in [0.2, 0.25) is 16.9 Å². The first-order valence-electron chi connectivity index (χ1n) is 10.4. The van der Waals surface area contributed by atoms with Crippen molar-refractivity contribution in [3.63, 3.8) is 0 Å². The molecule has 0 aliphatic heterocycles. The number of aryl methyl sites for hydroxylation is 1. The molecule has 1 heterocycles. The van der Waals surface area contributed by atoms with Crippen LogP contribution >= 0.6 is 11.3 Å². The number of nitrogens with one attached hydrogen (secondary N) is 2. The Balaban J connectivity index is 2.05. The number of carbonyl (C=O) groups is 2. The topological polar surface area (TPSA) is 84.0 Å². The lowest BCUT2D eigenvalue weighted by Gasteiger charge is -2.24. The predicted molar refractivity (Wildman–Crippen MR) is 119 cm³/mol. The minimum absolute atomic E-state index is 0.0354. The van der Waals surface area contributed by atoms with Gasteiger partial charge in [-0.25, -0.2) is 0 Å². The summed E-state index contributed by atoms with van der Waals surface area (Å²) in [6.45, 7) is 10.00. The van der Waals surface area contributed by atoms with Crippen LogP contribution in [0.5, 0.6) is 0 Å². The fourth-order valence-electron chi connectivity index (χ4n) is 3.13. The Morgan fingerprint density at radius 2 is 1.90 bits per heavy atom. The van der Waals surface area contributed by atoms with Crippen molar-refractivity contribution in [3.05, 3.63) is 29.8 Å². The third kappa shape index (κ3) is 6.63. The number of hydrogen-bond donors (Lipinski definition) is 2. The average molecular weight is 417 g/mol. The highest BCUT2D eigenvalue weighted by Crippen LogP contribution is 2.27. The largest absolute Gasteiger partial charge is 0.344 e. The van der Waals surface area contributed by atoms with Gasteiger partial charge in [-0.3, -0.25) is 14.9 Å². The van der Waals surface area contributed by atoms with Crippen LogP contribution in [0.1, 0.15) is 58.9 Å². The monoisotopic (exact) mass is 416 g/mol. The number of amides is 2. The third-order valence-electron chi connectivity index (χ3n) is 4.94. The van der Waals surface area contributed by atoms with E-state index in [1.807, 2.05) is 52.0 Å². The van der Waals surface area contributed by atoms with Crippen LogP contribution in [-0.4, -0.2) is 28.1 Å². The molecule has 0 aliphatic rings. The number of anilines is 1. The van der Waals surface area contributed by atoms with Gasteiger partial charge in [-0.1, -0.05) is 75.6 Å². The number of carbonyl (C=O) groups excluding carboxylic acids is 2. The number of unbranched alkanes of at least 4 members (excludes halogenated alkanes) is 1. The molecule has 0 fully saturated rings. The average Bonchev–Trinajstić information content (AvgIpc) is 3.14. The molecule has 2 N–H and O–H groups in total. The lowest BCUT2D eigenvalue weighted by molar-refractivity contribution is -0.130. The number of rotatable bonds is 10. The van der Waals surface area contributed by atoms with Crippen LogP contribution < -0.4 is 10.6 Å². The van der Waals surface area contributed by atoms with Crippen LogP contribution in [0.4, 0.5) is 5.13 Å². The summed E-state index contributed by atoms with van der Waals surface area (Å²) in [4.78, 5) is 25.5. The number of aromatic nitrogens is 2. The molecule has 2 atom stereocenters. The number of nitrogens with zero attached hydrogens (tertiary/aromatic N) is 2. The minimum Gasteiger partial charge on any atom is -0.344 e. The molecule has 1 aromatic carbocycles. The van der Waals surface area contributed by atoms with Gasteiger partial charge in [0, 0.05) is 11.5 Å². The van der Waals surface area contributed by atoms with Gasteiger partial charge in [0.1, 0.15) is 11.0 Å². The molecule has 0 unspecified atom stereocenters. The van der Waals surface area contributed by atoms with Gasteiger partial charge in [-0.05, 0) is 31.7 Å². The van der Waals surface area contributed by atoms with Crippen LogP contribution in [0.2, 0.25) is 0 Å². The van der Waals surface area contributed by atoms with E-state index in [0.29, 0.717) is 5.13 Å². The highest BCUT2D eigenvalue weighted by atomic mass is 32.1. The van der Waals surface area contributed by atoms with Crippen LogP contribution in [-0.2, 0) is 9.59 Å². The van der Waals surface area contributed by atoms with E-state index in [1.165, 1.54) is 11.3 Å². The van der Waals surface area contributed by atoms with Crippen molar-refractivity contribution in [2.24, 2.45) is 11.8 Å². The zero-order valence-corrected chi connectivity index (χ0v) is 18.8. The second-order valence-electron chi connectivity index (χ2n) is 7.75. The predicted octanol–water partition coefficient (Wildman–Crippen LogP) is 4.81. The number of hydrogen-bond acceptors (Lipinski definition) is 5. The van der Waals surface area contributed by atoms with Gasteiger partial charge >= 0.3 is 0 Å². The molecule has 2 aromatic rings. The maximum Gasteiger partial charge on any atom is 0.249 e. The molecular weight excluding hydrogens is 384 g/mol. The summed E-state index contributed by atoms with van der Waals surface area (Å²) in [5.74, 6) is -0.400. The van der Waals surface area contributed by atoms with E-state index in [2.05, 4.69) is 27.8 Å². The first-order valence-corrected chi connectivity index (χ1v) is 11.2. The second kappa shape index (κ2) is 11.0. The van der Waals surface area contributed by atoms with Crippen molar-refractivity contribution in [3.8, 4) is 10.6 Å². The molecule has 6 nitrogen and oxygen atoms in total. The maximum absolute atomic E-state index is 12.8. The Hall–Kier alpha value is -2.28. The Morgan fingerprint density at radius 1 is 1.14 bits per heavy atom. The molecule has 0 aliphatic carbocycles. The van der Waals surface area contributed by atoms with Gasteiger partial charge in [0.15, 0.2) is 0 Å². The molecule has 29 heavy (non-hydrogen) atoms.